The van der Waals surface area contributed by atoms with E-state index in [4.69, 9.17) is 9.47 Å². The van der Waals surface area contributed by atoms with Crippen LogP contribution in [0.4, 0.5) is 0 Å². The second-order valence-corrected chi connectivity index (χ2v) is 5.30. The molecule has 22 heavy (non-hydrogen) atoms. The highest BCUT2D eigenvalue weighted by molar-refractivity contribution is 5.90. The molecule has 0 saturated heterocycles. The SMILES string of the molecule is COC(=O)c1ccc(C2=Cc3ccc(OC)cc3CC2)cc1. The lowest BCUT2D eigenvalue weighted by atomic mass is 9.88. The van der Waals surface area contributed by atoms with Gasteiger partial charge in [0.2, 0.25) is 0 Å². The average Bonchev–Trinajstić information content (AvgIpc) is 2.60. The minimum absolute atomic E-state index is 0.304. The molecule has 2 aromatic rings. The lowest BCUT2D eigenvalue weighted by Crippen LogP contribution is -2.02. The molecule has 0 aromatic heterocycles. The van der Waals surface area contributed by atoms with Gasteiger partial charge in [0.25, 0.3) is 0 Å². The van der Waals surface area contributed by atoms with Crippen LogP contribution in [0.2, 0.25) is 0 Å². The molecular formula is C19H18O3. The third-order valence-electron chi connectivity index (χ3n) is 4.02. The average molecular weight is 294 g/mol. The molecule has 0 bridgehead atoms. The monoisotopic (exact) mass is 294 g/mol. The van der Waals surface area contributed by atoms with Crippen molar-refractivity contribution >= 4 is 17.6 Å². The van der Waals surface area contributed by atoms with Crippen LogP contribution in [0.1, 0.15) is 33.5 Å². The minimum Gasteiger partial charge on any atom is -0.497 e. The Morgan fingerprint density at radius 1 is 1.00 bits per heavy atom. The number of esters is 1. The van der Waals surface area contributed by atoms with E-state index in [-0.39, 0.29) is 5.97 Å². The zero-order chi connectivity index (χ0) is 15.5. The summed E-state index contributed by atoms with van der Waals surface area (Å²) in [6, 6.07) is 13.8. The number of hydrogen-bond acceptors (Lipinski definition) is 3. The molecule has 0 N–H and O–H groups in total. The topological polar surface area (TPSA) is 35.5 Å². The summed E-state index contributed by atoms with van der Waals surface area (Å²) in [4.78, 5) is 11.5. The van der Waals surface area contributed by atoms with Gasteiger partial charge in [-0.15, -0.1) is 0 Å². The highest BCUT2D eigenvalue weighted by Gasteiger charge is 2.13. The van der Waals surface area contributed by atoms with E-state index in [0.29, 0.717) is 5.56 Å². The van der Waals surface area contributed by atoms with Crippen LogP contribution in [0, 0.1) is 0 Å². The van der Waals surface area contributed by atoms with Crippen LogP contribution in [0.3, 0.4) is 0 Å². The van der Waals surface area contributed by atoms with Gasteiger partial charge in [-0.05, 0) is 59.4 Å². The van der Waals surface area contributed by atoms with Gasteiger partial charge in [-0.25, -0.2) is 4.79 Å². The molecule has 0 saturated carbocycles. The van der Waals surface area contributed by atoms with Crippen LogP contribution in [0.15, 0.2) is 42.5 Å². The lowest BCUT2D eigenvalue weighted by Gasteiger charge is -2.17. The molecule has 3 rings (SSSR count). The molecule has 2 aromatic carbocycles. The summed E-state index contributed by atoms with van der Waals surface area (Å²) >= 11 is 0. The lowest BCUT2D eigenvalue weighted by molar-refractivity contribution is 0.0600. The number of ether oxygens (including phenoxy) is 2. The van der Waals surface area contributed by atoms with E-state index in [9.17, 15) is 4.79 Å². The molecule has 112 valence electrons. The highest BCUT2D eigenvalue weighted by Crippen LogP contribution is 2.32. The molecule has 0 radical (unpaired) electrons. The summed E-state index contributed by atoms with van der Waals surface area (Å²) in [7, 11) is 3.08. The van der Waals surface area contributed by atoms with Gasteiger partial charge < -0.3 is 9.47 Å². The van der Waals surface area contributed by atoms with Crippen LogP contribution in [-0.4, -0.2) is 20.2 Å². The molecule has 1 aliphatic rings. The zero-order valence-corrected chi connectivity index (χ0v) is 12.8. The van der Waals surface area contributed by atoms with E-state index >= 15 is 0 Å². The number of methoxy groups -OCH3 is 2. The number of benzene rings is 2. The zero-order valence-electron chi connectivity index (χ0n) is 12.8. The minimum atomic E-state index is -0.304. The van der Waals surface area contributed by atoms with Crippen molar-refractivity contribution in [2.24, 2.45) is 0 Å². The molecule has 3 nitrogen and oxygen atoms in total. The van der Waals surface area contributed by atoms with Crippen molar-refractivity contribution in [1.82, 2.24) is 0 Å². The van der Waals surface area contributed by atoms with E-state index < -0.39 is 0 Å². The molecule has 1 aliphatic carbocycles. The van der Waals surface area contributed by atoms with E-state index in [1.165, 1.54) is 23.8 Å². The second kappa shape index (κ2) is 6.06. The van der Waals surface area contributed by atoms with E-state index in [1.54, 1.807) is 7.11 Å². The molecule has 0 heterocycles. The van der Waals surface area contributed by atoms with Gasteiger partial charge in [0.1, 0.15) is 5.75 Å². The summed E-state index contributed by atoms with van der Waals surface area (Å²) < 4.78 is 10.00. The Labute approximate surface area is 130 Å². The van der Waals surface area contributed by atoms with Gasteiger partial charge >= 0.3 is 5.97 Å². The maximum absolute atomic E-state index is 11.5. The number of carbonyl (C=O) groups excluding carboxylic acids is 1. The Bertz CT molecular complexity index is 727. The summed E-state index contributed by atoms with van der Waals surface area (Å²) in [5.74, 6) is 0.597. The van der Waals surface area contributed by atoms with Crippen molar-refractivity contribution in [3.8, 4) is 5.75 Å². The maximum atomic E-state index is 11.5. The Morgan fingerprint density at radius 2 is 1.77 bits per heavy atom. The van der Waals surface area contributed by atoms with Crippen molar-refractivity contribution in [1.29, 1.82) is 0 Å². The molecule has 0 fully saturated rings. The number of fused-ring (bicyclic) bond motifs is 1. The maximum Gasteiger partial charge on any atom is 0.337 e. The Hall–Kier alpha value is -2.55. The number of allylic oxidation sites excluding steroid dienone is 1. The quantitative estimate of drug-likeness (QED) is 0.804. The first-order chi connectivity index (χ1) is 10.7. The Balaban J connectivity index is 1.89. The number of hydrogen-bond donors (Lipinski definition) is 0. The Kier molecular flexibility index (Phi) is 3.96. The molecule has 0 unspecified atom stereocenters. The normalized spacial score (nSPS) is 13.1. The predicted molar refractivity (Wildman–Crippen MR) is 87.0 cm³/mol. The summed E-state index contributed by atoms with van der Waals surface area (Å²) in [6.07, 6.45) is 4.19. The number of rotatable bonds is 3. The molecule has 0 spiro atoms. The van der Waals surface area contributed by atoms with Crippen LogP contribution in [0.25, 0.3) is 11.6 Å². The fraction of sp³-hybridized carbons (Fsp3) is 0.211. The van der Waals surface area contributed by atoms with Crippen molar-refractivity contribution in [2.45, 2.75) is 12.8 Å². The predicted octanol–water partition coefficient (Wildman–Crippen LogP) is 3.97. The molecule has 3 heteroatoms. The molecular weight excluding hydrogens is 276 g/mol. The molecule has 0 atom stereocenters. The van der Waals surface area contributed by atoms with Crippen molar-refractivity contribution in [3.05, 3.63) is 64.7 Å². The van der Waals surface area contributed by atoms with Gasteiger partial charge in [-0.2, -0.15) is 0 Å². The largest absolute Gasteiger partial charge is 0.497 e. The third-order valence-corrected chi connectivity index (χ3v) is 4.02. The van der Waals surface area contributed by atoms with E-state index in [2.05, 4.69) is 18.2 Å². The first-order valence-corrected chi connectivity index (χ1v) is 7.27. The van der Waals surface area contributed by atoms with Crippen LogP contribution >= 0.6 is 0 Å². The third kappa shape index (κ3) is 2.75. The summed E-state index contributed by atoms with van der Waals surface area (Å²) in [6.45, 7) is 0. The van der Waals surface area contributed by atoms with Crippen molar-refractivity contribution < 1.29 is 14.3 Å². The van der Waals surface area contributed by atoms with Crippen LogP contribution < -0.4 is 4.74 Å². The van der Waals surface area contributed by atoms with Gasteiger partial charge in [0, 0.05) is 0 Å². The molecule has 0 aliphatic heterocycles. The van der Waals surface area contributed by atoms with Gasteiger partial charge in [-0.3, -0.25) is 0 Å². The highest BCUT2D eigenvalue weighted by atomic mass is 16.5. The summed E-state index contributed by atoms with van der Waals surface area (Å²) in [5.41, 5.74) is 5.56. The Morgan fingerprint density at radius 3 is 2.45 bits per heavy atom. The molecule has 0 amide bonds. The second-order valence-electron chi connectivity index (χ2n) is 5.30. The van der Waals surface area contributed by atoms with Gasteiger partial charge in [0.05, 0.1) is 19.8 Å². The van der Waals surface area contributed by atoms with Crippen LogP contribution in [-0.2, 0) is 11.2 Å². The smallest absolute Gasteiger partial charge is 0.337 e. The number of carbonyl (C=O) groups is 1. The van der Waals surface area contributed by atoms with E-state index in [1.807, 2.05) is 30.3 Å². The number of aryl methyl sites for hydroxylation is 1. The van der Waals surface area contributed by atoms with Crippen molar-refractivity contribution in [3.63, 3.8) is 0 Å². The van der Waals surface area contributed by atoms with Crippen molar-refractivity contribution in [2.75, 3.05) is 14.2 Å². The fourth-order valence-corrected chi connectivity index (χ4v) is 2.76. The first-order valence-electron chi connectivity index (χ1n) is 7.27. The van der Waals surface area contributed by atoms with Gasteiger partial charge in [-0.1, -0.05) is 24.3 Å². The van der Waals surface area contributed by atoms with Crippen LogP contribution in [0.5, 0.6) is 5.75 Å². The first kappa shape index (κ1) is 14.4. The van der Waals surface area contributed by atoms with E-state index in [0.717, 1.165) is 24.2 Å². The standard InChI is InChI=1S/C19H18O3/c1-21-18-10-9-16-11-15(7-8-17(16)12-18)13-3-5-14(6-4-13)19(20)22-2/h3-6,9-12H,7-8H2,1-2H3. The van der Waals surface area contributed by atoms with Gasteiger partial charge in [0.15, 0.2) is 0 Å². The fourth-order valence-electron chi connectivity index (χ4n) is 2.76. The summed E-state index contributed by atoms with van der Waals surface area (Å²) in [5, 5.41) is 0.